The zero-order valence-corrected chi connectivity index (χ0v) is 16.4. The number of rotatable bonds is 9. The van der Waals surface area contributed by atoms with E-state index >= 15 is 0 Å². The summed E-state index contributed by atoms with van der Waals surface area (Å²) >= 11 is 0. The third kappa shape index (κ3) is 5.78. The highest BCUT2D eigenvalue weighted by molar-refractivity contribution is 5.91. The molecule has 0 heterocycles. The van der Waals surface area contributed by atoms with Gasteiger partial charge in [0, 0.05) is 19.2 Å². The number of carbonyl (C=O) groups excluding carboxylic acids is 1. The van der Waals surface area contributed by atoms with Crippen molar-refractivity contribution < 1.29 is 19.0 Å². The van der Waals surface area contributed by atoms with Crippen LogP contribution in [0.4, 0.5) is 0 Å². The summed E-state index contributed by atoms with van der Waals surface area (Å²) in [5, 5.41) is 0. The van der Waals surface area contributed by atoms with E-state index in [0.717, 1.165) is 16.9 Å². The van der Waals surface area contributed by atoms with E-state index in [4.69, 9.17) is 14.2 Å². The van der Waals surface area contributed by atoms with Gasteiger partial charge < -0.3 is 19.1 Å². The van der Waals surface area contributed by atoms with Gasteiger partial charge in [0.15, 0.2) is 11.5 Å². The predicted octanol–water partition coefficient (Wildman–Crippen LogP) is 4.16. The third-order valence-electron chi connectivity index (χ3n) is 4.11. The Bertz CT molecular complexity index is 786. The van der Waals surface area contributed by atoms with E-state index in [2.05, 4.69) is 0 Å². The highest BCUT2D eigenvalue weighted by Gasteiger charge is 2.12. The smallest absolute Gasteiger partial charge is 0.246 e. The maximum absolute atomic E-state index is 12.6. The van der Waals surface area contributed by atoms with Gasteiger partial charge in [0.05, 0.1) is 20.8 Å². The molecule has 0 atom stereocenters. The Kier molecular flexibility index (Phi) is 7.74. The number of carbonyl (C=O) groups is 1. The lowest BCUT2D eigenvalue weighted by atomic mass is 10.1. The molecule has 27 heavy (non-hydrogen) atoms. The lowest BCUT2D eigenvalue weighted by molar-refractivity contribution is -0.126. The second-order valence-corrected chi connectivity index (χ2v) is 5.88. The molecule has 0 radical (unpaired) electrons. The summed E-state index contributed by atoms with van der Waals surface area (Å²) in [4.78, 5) is 14.4. The van der Waals surface area contributed by atoms with Gasteiger partial charge in [-0.15, -0.1) is 0 Å². The Morgan fingerprint density at radius 2 is 1.85 bits per heavy atom. The number of benzene rings is 2. The van der Waals surface area contributed by atoms with Gasteiger partial charge in [-0.1, -0.05) is 18.2 Å². The van der Waals surface area contributed by atoms with Crippen LogP contribution in [0.1, 0.15) is 25.0 Å². The van der Waals surface area contributed by atoms with Crippen molar-refractivity contribution in [3.63, 3.8) is 0 Å². The Morgan fingerprint density at radius 1 is 1.04 bits per heavy atom. The van der Waals surface area contributed by atoms with E-state index in [1.165, 1.54) is 0 Å². The molecule has 2 rings (SSSR count). The van der Waals surface area contributed by atoms with Crippen LogP contribution in [0.25, 0.3) is 6.08 Å². The summed E-state index contributed by atoms with van der Waals surface area (Å²) in [7, 11) is 3.24. The quantitative estimate of drug-likeness (QED) is 0.623. The van der Waals surface area contributed by atoms with Gasteiger partial charge >= 0.3 is 0 Å². The van der Waals surface area contributed by atoms with Crippen molar-refractivity contribution >= 4 is 12.0 Å². The summed E-state index contributed by atoms with van der Waals surface area (Å²) in [6, 6.07) is 13.3. The topological polar surface area (TPSA) is 48.0 Å². The summed E-state index contributed by atoms with van der Waals surface area (Å²) < 4.78 is 16.1. The summed E-state index contributed by atoms with van der Waals surface area (Å²) in [5.41, 5.74) is 1.90. The molecule has 5 nitrogen and oxygen atoms in total. The van der Waals surface area contributed by atoms with Gasteiger partial charge in [-0.25, -0.2) is 0 Å². The molecule has 1 amide bonds. The maximum atomic E-state index is 12.6. The molecule has 2 aromatic rings. The molecule has 0 N–H and O–H groups in total. The molecule has 2 aromatic carbocycles. The number of likely N-dealkylation sites (N-methyl/N-ethyl adjacent to an activating group) is 1. The monoisotopic (exact) mass is 369 g/mol. The minimum Gasteiger partial charge on any atom is -0.497 e. The Morgan fingerprint density at radius 3 is 2.52 bits per heavy atom. The fourth-order valence-corrected chi connectivity index (χ4v) is 2.67. The molecule has 5 heteroatoms. The third-order valence-corrected chi connectivity index (χ3v) is 4.11. The van der Waals surface area contributed by atoms with Crippen LogP contribution in [0.3, 0.4) is 0 Å². The maximum Gasteiger partial charge on any atom is 0.246 e. The Balaban J connectivity index is 2.09. The molecule has 0 saturated heterocycles. The van der Waals surface area contributed by atoms with E-state index in [-0.39, 0.29) is 5.91 Å². The first-order chi connectivity index (χ1) is 13.1. The highest BCUT2D eigenvalue weighted by Crippen LogP contribution is 2.28. The molecule has 144 valence electrons. The van der Waals surface area contributed by atoms with E-state index in [9.17, 15) is 4.79 Å². The van der Waals surface area contributed by atoms with Crippen molar-refractivity contribution in [3.05, 3.63) is 59.7 Å². The first kappa shape index (κ1) is 20.4. The SMILES string of the molecule is CCOc1ccc(CN(CC)C(=O)C=Cc2cccc(OC)c2)cc1OC. The number of amides is 1. The van der Waals surface area contributed by atoms with Crippen molar-refractivity contribution in [3.8, 4) is 17.2 Å². The Labute approximate surface area is 161 Å². The first-order valence-corrected chi connectivity index (χ1v) is 9.02. The fourth-order valence-electron chi connectivity index (χ4n) is 2.67. The van der Waals surface area contributed by atoms with E-state index in [0.29, 0.717) is 31.2 Å². The molecule has 0 aliphatic rings. The van der Waals surface area contributed by atoms with E-state index < -0.39 is 0 Å². The number of hydrogen-bond donors (Lipinski definition) is 0. The Hall–Kier alpha value is -2.95. The van der Waals surface area contributed by atoms with Crippen molar-refractivity contribution in [2.24, 2.45) is 0 Å². The van der Waals surface area contributed by atoms with Gasteiger partial charge in [-0.2, -0.15) is 0 Å². The first-order valence-electron chi connectivity index (χ1n) is 9.02. The van der Waals surface area contributed by atoms with Crippen molar-refractivity contribution in [2.45, 2.75) is 20.4 Å². The van der Waals surface area contributed by atoms with E-state index in [1.54, 1.807) is 31.3 Å². The van der Waals surface area contributed by atoms with Crippen LogP contribution < -0.4 is 14.2 Å². The normalized spacial score (nSPS) is 10.7. The lowest BCUT2D eigenvalue weighted by Gasteiger charge is -2.20. The molecule has 0 bridgehead atoms. The van der Waals surface area contributed by atoms with Crippen LogP contribution in [0.5, 0.6) is 17.2 Å². The van der Waals surface area contributed by atoms with Crippen LogP contribution in [0, 0.1) is 0 Å². The fraction of sp³-hybridized carbons (Fsp3) is 0.318. The van der Waals surface area contributed by atoms with Crippen LogP contribution in [0.2, 0.25) is 0 Å². The summed E-state index contributed by atoms with van der Waals surface area (Å²) in [5.74, 6) is 2.09. The number of ether oxygens (including phenoxy) is 3. The largest absolute Gasteiger partial charge is 0.497 e. The minimum atomic E-state index is -0.0480. The van der Waals surface area contributed by atoms with E-state index in [1.807, 2.05) is 56.3 Å². The minimum absolute atomic E-state index is 0.0480. The molecule has 0 aromatic heterocycles. The van der Waals surface area contributed by atoms with Crippen LogP contribution in [-0.2, 0) is 11.3 Å². The summed E-state index contributed by atoms with van der Waals surface area (Å²) in [6.45, 7) is 5.57. The van der Waals surface area contributed by atoms with Crippen LogP contribution >= 0.6 is 0 Å². The predicted molar refractivity (Wildman–Crippen MR) is 107 cm³/mol. The standard InChI is InChI=1S/C22H27NO4/c1-5-23(16-18-10-12-20(27-6-2)21(15-18)26-4)22(24)13-11-17-8-7-9-19(14-17)25-3/h7-15H,5-6,16H2,1-4H3. The van der Waals surface area contributed by atoms with Gasteiger partial charge in [0.2, 0.25) is 5.91 Å². The molecule has 0 spiro atoms. The summed E-state index contributed by atoms with van der Waals surface area (Å²) in [6.07, 6.45) is 3.39. The van der Waals surface area contributed by atoms with Gasteiger partial charge in [-0.3, -0.25) is 4.79 Å². The zero-order chi connectivity index (χ0) is 19.6. The molecular weight excluding hydrogens is 342 g/mol. The van der Waals surface area contributed by atoms with Gasteiger partial charge in [0.1, 0.15) is 5.75 Å². The van der Waals surface area contributed by atoms with Crippen molar-refractivity contribution in [1.29, 1.82) is 0 Å². The van der Waals surface area contributed by atoms with Crippen molar-refractivity contribution in [2.75, 3.05) is 27.4 Å². The number of nitrogens with zero attached hydrogens (tertiary/aromatic N) is 1. The second kappa shape index (κ2) is 10.3. The zero-order valence-electron chi connectivity index (χ0n) is 16.4. The molecule has 0 saturated carbocycles. The van der Waals surface area contributed by atoms with Crippen molar-refractivity contribution in [1.82, 2.24) is 4.90 Å². The number of methoxy groups -OCH3 is 2. The van der Waals surface area contributed by atoms with Crippen LogP contribution in [-0.4, -0.2) is 38.2 Å². The van der Waals surface area contributed by atoms with Gasteiger partial charge in [0.25, 0.3) is 0 Å². The molecule has 0 fully saturated rings. The molecule has 0 aliphatic carbocycles. The van der Waals surface area contributed by atoms with Crippen LogP contribution in [0.15, 0.2) is 48.5 Å². The number of hydrogen-bond acceptors (Lipinski definition) is 4. The molecular formula is C22H27NO4. The van der Waals surface area contributed by atoms with Gasteiger partial charge in [-0.05, 0) is 55.3 Å². The highest BCUT2D eigenvalue weighted by atomic mass is 16.5. The molecule has 0 unspecified atom stereocenters. The second-order valence-electron chi connectivity index (χ2n) is 5.88. The lowest BCUT2D eigenvalue weighted by Crippen LogP contribution is -2.28. The molecule has 0 aliphatic heterocycles. The average Bonchev–Trinajstić information content (AvgIpc) is 2.71. The average molecular weight is 369 g/mol.